The predicted octanol–water partition coefficient (Wildman–Crippen LogP) is 1.62. The second-order valence-corrected chi connectivity index (χ2v) is 4.79. The predicted molar refractivity (Wildman–Crippen MR) is 74.1 cm³/mol. The zero-order valence-electron chi connectivity index (χ0n) is 11.4. The number of rotatable bonds is 4. The molecule has 7 nitrogen and oxygen atoms in total. The van der Waals surface area contributed by atoms with Gasteiger partial charge in [0.15, 0.2) is 0 Å². The lowest BCUT2D eigenvalue weighted by Crippen LogP contribution is -2.37. The molecule has 0 radical (unpaired) electrons. The average molecular weight is 290 g/mol. The molecular weight excluding hydrogens is 276 g/mol. The molecule has 1 aromatic rings. The molecule has 0 spiro atoms. The summed E-state index contributed by atoms with van der Waals surface area (Å²) < 4.78 is 0. The first-order valence-corrected chi connectivity index (χ1v) is 6.37. The van der Waals surface area contributed by atoms with E-state index >= 15 is 0 Å². The summed E-state index contributed by atoms with van der Waals surface area (Å²) in [6, 6.07) is 4.26. The van der Waals surface area contributed by atoms with Crippen LogP contribution in [0.25, 0.3) is 0 Å². The average Bonchev–Trinajstić information content (AvgIpc) is 2.45. The molecule has 1 aliphatic heterocycles. The summed E-state index contributed by atoms with van der Waals surface area (Å²) in [6.45, 7) is 2.10. The fourth-order valence-electron chi connectivity index (χ4n) is 2.13. The number of benzene rings is 1. The van der Waals surface area contributed by atoms with Crippen LogP contribution in [0.1, 0.15) is 22.8 Å². The van der Waals surface area contributed by atoms with Crippen LogP contribution in [0, 0.1) is 10.1 Å². The molecule has 110 valence electrons. The van der Waals surface area contributed by atoms with Gasteiger partial charge in [-0.05, 0) is 18.9 Å². The highest BCUT2D eigenvalue weighted by atomic mass is 16.6. The van der Waals surface area contributed by atoms with E-state index in [1.165, 1.54) is 30.0 Å². The minimum absolute atomic E-state index is 0.124. The van der Waals surface area contributed by atoms with Crippen LogP contribution in [-0.2, 0) is 11.2 Å². The highest BCUT2D eigenvalue weighted by Gasteiger charge is 2.25. The Balaban J connectivity index is 2.23. The number of hydrogen-bond donors (Lipinski definition) is 1. The lowest BCUT2D eigenvalue weighted by molar-refractivity contribution is -0.384. The molecule has 1 N–H and O–H groups in total. The Kier molecular flexibility index (Phi) is 4.02. The van der Waals surface area contributed by atoms with Crippen LogP contribution in [0.4, 0.5) is 5.69 Å². The lowest BCUT2D eigenvalue weighted by Gasteiger charge is -2.27. The minimum Gasteiger partial charge on any atom is -0.478 e. The first-order chi connectivity index (χ1) is 9.90. The summed E-state index contributed by atoms with van der Waals surface area (Å²) >= 11 is 0. The summed E-state index contributed by atoms with van der Waals surface area (Å²) in [6.07, 6.45) is 2.06. The molecule has 0 bridgehead atoms. The molecule has 0 saturated carbocycles. The molecule has 0 aliphatic carbocycles. The standard InChI is InChI=1S/C14H14N2O5/c1-9(14(18)19)4-6-15-7-5-10-2-3-11(16(20)21)8-12(10)13(15)17/h2-4,8H,5-7H2,1H3,(H,18,19). The van der Waals surface area contributed by atoms with E-state index in [0.717, 1.165) is 5.56 Å². The Morgan fingerprint density at radius 1 is 1.52 bits per heavy atom. The molecule has 0 fully saturated rings. The number of fused-ring (bicyclic) bond motifs is 1. The number of hydrogen-bond acceptors (Lipinski definition) is 4. The van der Waals surface area contributed by atoms with Crippen molar-refractivity contribution in [3.63, 3.8) is 0 Å². The maximum Gasteiger partial charge on any atom is 0.331 e. The Hall–Kier alpha value is -2.70. The molecule has 1 amide bonds. The number of carbonyl (C=O) groups excluding carboxylic acids is 1. The van der Waals surface area contributed by atoms with Crippen molar-refractivity contribution in [2.75, 3.05) is 13.1 Å². The van der Waals surface area contributed by atoms with Crippen molar-refractivity contribution in [1.29, 1.82) is 0 Å². The van der Waals surface area contributed by atoms with Crippen LogP contribution in [0.5, 0.6) is 0 Å². The van der Waals surface area contributed by atoms with E-state index in [1.807, 2.05) is 0 Å². The SMILES string of the molecule is CC(=CCN1CCc2ccc([N+](=O)[O-])cc2C1=O)C(=O)O. The van der Waals surface area contributed by atoms with Gasteiger partial charge in [-0.3, -0.25) is 14.9 Å². The van der Waals surface area contributed by atoms with Gasteiger partial charge in [0.05, 0.1) is 4.92 Å². The van der Waals surface area contributed by atoms with Crippen LogP contribution < -0.4 is 0 Å². The number of non-ortho nitro benzene ring substituents is 1. The summed E-state index contributed by atoms with van der Waals surface area (Å²) in [5.74, 6) is -1.34. The monoisotopic (exact) mass is 290 g/mol. The smallest absolute Gasteiger partial charge is 0.331 e. The van der Waals surface area contributed by atoms with Crippen molar-refractivity contribution >= 4 is 17.6 Å². The summed E-state index contributed by atoms with van der Waals surface area (Å²) in [4.78, 5) is 34.7. The van der Waals surface area contributed by atoms with Crippen molar-refractivity contribution in [3.8, 4) is 0 Å². The molecule has 21 heavy (non-hydrogen) atoms. The van der Waals surface area contributed by atoms with E-state index in [-0.39, 0.29) is 23.7 Å². The number of carboxylic acids is 1. The quantitative estimate of drug-likeness (QED) is 0.516. The zero-order valence-corrected chi connectivity index (χ0v) is 11.4. The third-order valence-corrected chi connectivity index (χ3v) is 3.43. The van der Waals surface area contributed by atoms with E-state index in [4.69, 9.17) is 5.11 Å². The largest absolute Gasteiger partial charge is 0.478 e. The third-order valence-electron chi connectivity index (χ3n) is 3.43. The van der Waals surface area contributed by atoms with Crippen molar-refractivity contribution in [2.24, 2.45) is 0 Å². The van der Waals surface area contributed by atoms with Crippen molar-refractivity contribution in [1.82, 2.24) is 4.90 Å². The first kappa shape index (κ1) is 14.7. The maximum atomic E-state index is 12.3. The number of aliphatic carboxylic acids is 1. The van der Waals surface area contributed by atoms with Crippen LogP contribution in [0.15, 0.2) is 29.8 Å². The highest BCUT2D eigenvalue weighted by Crippen LogP contribution is 2.23. The highest BCUT2D eigenvalue weighted by molar-refractivity contribution is 5.97. The Morgan fingerprint density at radius 2 is 2.24 bits per heavy atom. The van der Waals surface area contributed by atoms with E-state index in [1.54, 1.807) is 6.07 Å². The van der Waals surface area contributed by atoms with Crippen LogP contribution >= 0.6 is 0 Å². The molecule has 2 rings (SSSR count). The van der Waals surface area contributed by atoms with Gasteiger partial charge >= 0.3 is 5.97 Å². The number of nitro groups is 1. The van der Waals surface area contributed by atoms with E-state index < -0.39 is 10.9 Å². The van der Waals surface area contributed by atoms with Crippen molar-refractivity contribution < 1.29 is 19.6 Å². The first-order valence-electron chi connectivity index (χ1n) is 6.37. The number of amides is 1. The molecule has 0 saturated heterocycles. The molecule has 1 aliphatic rings. The Bertz CT molecular complexity index is 651. The molecule has 1 aromatic carbocycles. The van der Waals surface area contributed by atoms with Crippen LogP contribution in [0.2, 0.25) is 0 Å². The number of nitro benzene ring substituents is 1. The van der Waals surface area contributed by atoms with Crippen molar-refractivity contribution in [2.45, 2.75) is 13.3 Å². The molecular formula is C14H14N2O5. The number of carbonyl (C=O) groups is 2. The third kappa shape index (κ3) is 3.07. The van der Waals surface area contributed by atoms with Gasteiger partial charge in [-0.1, -0.05) is 12.1 Å². The van der Waals surface area contributed by atoms with Crippen LogP contribution in [0.3, 0.4) is 0 Å². The van der Waals surface area contributed by atoms with E-state index in [0.29, 0.717) is 18.5 Å². The number of carboxylic acid groups (broad SMARTS) is 1. The Morgan fingerprint density at radius 3 is 2.86 bits per heavy atom. The topological polar surface area (TPSA) is 101 Å². The lowest BCUT2D eigenvalue weighted by atomic mass is 9.98. The molecule has 1 heterocycles. The van der Waals surface area contributed by atoms with Gasteiger partial charge in [0, 0.05) is 36.4 Å². The van der Waals surface area contributed by atoms with Gasteiger partial charge in [-0.2, -0.15) is 0 Å². The molecule has 0 aromatic heterocycles. The van der Waals surface area contributed by atoms with Crippen molar-refractivity contribution in [3.05, 3.63) is 51.1 Å². The van der Waals surface area contributed by atoms with Gasteiger partial charge in [-0.25, -0.2) is 4.79 Å². The van der Waals surface area contributed by atoms with Gasteiger partial charge in [0.1, 0.15) is 0 Å². The fraction of sp³-hybridized carbons (Fsp3) is 0.286. The Labute approximate surface area is 120 Å². The summed E-state index contributed by atoms with van der Waals surface area (Å²) in [5, 5.41) is 19.6. The van der Waals surface area contributed by atoms with Crippen LogP contribution in [-0.4, -0.2) is 39.9 Å². The zero-order chi connectivity index (χ0) is 15.6. The maximum absolute atomic E-state index is 12.3. The fourth-order valence-corrected chi connectivity index (χ4v) is 2.13. The van der Waals surface area contributed by atoms with Gasteiger partial charge < -0.3 is 10.0 Å². The minimum atomic E-state index is -1.03. The molecule has 0 unspecified atom stereocenters. The van der Waals surface area contributed by atoms with E-state index in [9.17, 15) is 19.7 Å². The summed E-state index contributed by atoms with van der Waals surface area (Å²) in [5.41, 5.74) is 1.13. The second-order valence-electron chi connectivity index (χ2n) is 4.79. The van der Waals surface area contributed by atoms with E-state index in [2.05, 4.69) is 0 Å². The molecule has 7 heteroatoms. The normalized spacial score (nSPS) is 14.8. The van der Waals surface area contributed by atoms with Gasteiger partial charge in [0.25, 0.3) is 11.6 Å². The molecule has 0 atom stereocenters. The number of nitrogens with zero attached hydrogens (tertiary/aromatic N) is 2. The second kappa shape index (κ2) is 5.74. The van der Waals surface area contributed by atoms with Gasteiger partial charge in [0.2, 0.25) is 0 Å². The summed E-state index contributed by atoms with van der Waals surface area (Å²) in [7, 11) is 0. The van der Waals surface area contributed by atoms with Gasteiger partial charge in [-0.15, -0.1) is 0 Å².